The smallest absolute Gasteiger partial charge is 0.416 e. The maximum atomic E-state index is 13.1. The number of halogens is 3. The molecule has 3 aromatic rings. The highest BCUT2D eigenvalue weighted by Gasteiger charge is 2.35. The summed E-state index contributed by atoms with van der Waals surface area (Å²) in [4.78, 5) is 30.6. The Bertz CT molecular complexity index is 1370. The third kappa shape index (κ3) is 7.47. The number of benzene rings is 2. The van der Waals surface area contributed by atoms with E-state index < -0.39 is 28.9 Å². The van der Waals surface area contributed by atoms with Crippen LogP contribution in [0.1, 0.15) is 78.7 Å². The van der Waals surface area contributed by atoms with Crippen LogP contribution in [-0.4, -0.2) is 27.9 Å². The number of ether oxygens (including phenoxy) is 2. The number of carbonyl (C=O) groups is 2. The third-order valence-electron chi connectivity index (χ3n) is 6.24. The van der Waals surface area contributed by atoms with E-state index in [-0.39, 0.29) is 12.2 Å². The van der Waals surface area contributed by atoms with Gasteiger partial charge in [-0.3, -0.25) is 4.79 Å². The van der Waals surface area contributed by atoms with Gasteiger partial charge >= 0.3 is 12.1 Å². The molecule has 0 aliphatic rings. The van der Waals surface area contributed by atoms with Crippen LogP contribution in [0.15, 0.2) is 36.4 Å². The van der Waals surface area contributed by atoms with Crippen molar-refractivity contribution < 1.29 is 32.2 Å². The average Bonchev–Trinajstić information content (AvgIpc) is 3.21. The van der Waals surface area contributed by atoms with Crippen molar-refractivity contribution in [2.45, 2.75) is 85.6 Å². The molecule has 0 radical (unpaired) electrons. The number of rotatable bonds is 8. The molecule has 0 aliphatic heterocycles. The zero-order chi connectivity index (χ0) is 29.3. The second-order valence-electron chi connectivity index (χ2n) is 11.0. The summed E-state index contributed by atoms with van der Waals surface area (Å²) >= 11 is 1.19. The third-order valence-corrected chi connectivity index (χ3v) is 7.48. The number of ketones is 1. The number of carbonyl (C=O) groups excluding carboxylic acids is 2. The van der Waals surface area contributed by atoms with Crippen LogP contribution < -0.4 is 4.74 Å². The van der Waals surface area contributed by atoms with Gasteiger partial charge in [0.2, 0.25) is 0 Å². The van der Waals surface area contributed by atoms with Gasteiger partial charge in [0, 0.05) is 12.0 Å². The fourth-order valence-electron chi connectivity index (χ4n) is 3.89. The quantitative estimate of drug-likeness (QED) is 0.206. The highest BCUT2D eigenvalue weighted by molar-refractivity contribution is 7.17. The first kappa shape index (κ1) is 30.3. The lowest BCUT2D eigenvalue weighted by Crippen LogP contribution is -2.43. The first-order valence-electron chi connectivity index (χ1n) is 12.6. The van der Waals surface area contributed by atoms with Gasteiger partial charge in [-0.25, -0.2) is 9.78 Å². The van der Waals surface area contributed by atoms with Crippen LogP contribution in [0.2, 0.25) is 0 Å². The van der Waals surface area contributed by atoms with Crippen molar-refractivity contribution >= 4 is 23.1 Å². The molecule has 5 nitrogen and oxygen atoms in total. The molecule has 2 aromatic carbocycles. The molecule has 0 fully saturated rings. The molecule has 0 amide bonds. The molecule has 9 heteroatoms. The summed E-state index contributed by atoms with van der Waals surface area (Å²) in [5.74, 6) is 0.0295. The van der Waals surface area contributed by atoms with E-state index in [2.05, 4.69) is 4.98 Å². The van der Waals surface area contributed by atoms with Crippen molar-refractivity contribution in [2.24, 2.45) is 0 Å². The van der Waals surface area contributed by atoms with Crippen molar-refractivity contribution in [3.8, 4) is 16.3 Å². The first-order valence-corrected chi connectivity index (χ1v) is 13.4. The number of nitrogens with zero attached hydrogens (tertiary/aromatic N) is 1. The fourth-order valence-corrected chi connectivity index (χ4v) is 4.93. The van der Waals surface area contributed by atoms with Crippen molar-refractivity contribution in [2.75, 3.05) is 0 Å². The molecule has 3 rings (SSSR count). The minimum absolute atomic E-state index is 0.0772. The van der Waals surface area contributed by atoms with Crippen molar-refractivity contribution in [3.63, 3.8) is 0 Å². The second-order valence-corrected chi connectivity index (χ2v) is 12.0. The van der Waals surface area contributed by atoms with E-state index in [1.165, 1.54) is 23.5 Å². The van der Waals surface area contributed by atoms with Gasteiger partial charge in [-0.1, -0.05) is 18.2 Å². The number of alkyl halides is 3. The summed E-state index contributed by atoms with van der Waals surface area (Å²) in [6, 6.07) is 8.46. The van der Waals surface area contributed by atoms with Crippen LogP contribution in [0.25, 0.3) is 10.6 Å². The Morgan fingerprint density at radius 2 is 1.51 bits per heavy atom. The summed E-state index contributed by atoms with van der Waals surface area (Å²) in [6.07, 6.45) is -3.67. The Kier molecular flexibility index (Phi) is 8.65. The van der Waals surface area contributed by atoms with Crippen molar-refractivity contribution in [3.05, 3.63) is 69.2 Å². The molecule has 0 saturated heterocycles. The van der Waals surface area contributed by atoms with Crippen LogP contribution in [0.4, 0.5) is 13.2 Å². The van der Waals surface area contributed by atoms with Crippen LogP contribution in [0.5, 0.6) is 5.75 Å². The van der Waals surface area contributed by atoms with E-state index in [4.69, 9.17) is 9.47 Å². The van der Waals surface area contributed by atoms with Crippen LogP contribution in [0.3, 0.4) is 0 Å². The van der Waals surface area contributed by atoms with Gasteiger partial charge in [-0.15, -0.1) is 11.3 Å². The van der Waals surface area contributed by atoms with Gasteiger partial charge in [0.15, 0.2) is 11.4 Å². The Labute approximate surface area is 231 Å². The van der Waals surface area contributed by atoms with Gasteiger partial charge in [0.25, 0.3) is 0 Å². The molecule has 0 saturated carbocycles. The number of thiazole rings is 1. The Morgan fingerprint density at radius 1 is 0.897 bits per heavy atom. The largest absolute Gasteiger partial charge is 0.476 e. The zero-order valence-corrected chi connectivity index (χ0v) is 24.3. The Hall–Kier alpha value is -3.20. The normalized spacial score (nSPS) is 12.4. The maximum Gasteiger partial charge on any atom is 0.416 e. The summed E-state index contributed by atoms with van der Waals surface area (Å²) < 4.78 is 50.1. The number of aromatic nitrogens is 1. The molecule has 0 atom stereocenters. The molecule has 39 heavy (non-hydrogen) atoms. The van der Waals surface area contributed by atoms with E-state index in [9.17, 15) is 22.8 Å². The van der Waals surface area contributed by atoms with E-state index in [0.717, 1.165) is 28.8 Å². The summed E-state index contributed by atoms with van der Waals surface area (Å²) in [5, 5.41) is 0.505. The Morgan fingerprint density at radius 3 is 2.08 bits per heavy atom. The van der Waals surface area contributed by atoms with E-state index in [1.807, 2.05) is 19.9 Å². The molecule has 0 N–H and O–H groups in total. The number of hydrogen-bond acceptors (Lipinski definition) is 6. The molecular formula is C30H34F3NO4S. The number of aryl methyl sites for hydroxylation is 2. The number of esters is 1. The van der Waals surface area contributed by atoms with E-state index in [0.29, 0.717) is 33.3 Å². The SMILES string of the molecule is Cc1nc(-c2ccc(C(F)(F)F)cc2)sc1C(=O)CCc1ccc(OC(C)(C)C(=O)OC(C)(C)C)c(C)c1C. The maximum absolute atomic E-state index is 13.1. The van der Waals surface area contributed by atoms with Crippen molar-refractivity contribution in [1.29, 1.82) is 0 Å². The minimum atomic E-state index is -4.41. The Balaban J connectivity index is 1.70. The molecule has 210 valence electrons. The first-order chi connectivity index (χ1) is 17.9. The molecular weight excluding hydrogens is 527 g/mol. The van der Waals surface area contributed by atoms with Crippen molar-refractivity contribution in [1.82, 2.24) is 4.98 Å². The highest BCUT2D eigenvalue weighted by Crippen LogP contribution is 2.34. The number of hydrogen-bond donors (Lipinski definition) is 0. The summed E-state index contributed by atoms with van der Waals surface area (Å²) in [5.41, 5.74) is 1.36. The van der Waals surface area contributed by atoms with E-state index >= 15 is 0 Å². The standard InChI is InChI=1S/C30H34F3NO4S/c1-17-18(2)24(37-29(7,8)27(36)38-28(4,5)6)16-12-20(17)11-15-23(35)25-19(3)34-26(39-25)21-9-13-22(14-10-21)30(31,32)33/h9-10,12-14,16H,11,15H2,1-8H3. The molecule has 1 heterocycles. The second kappa shape index (κ2) is 11.1. The number of Topliss-reactive ketones (excluding diaryl/α,β-unsaturated/α-hetero) is 1. The zero-order valence-electron chi connectivity index (χ0n) is 23.5. The molecule has 0 bridgehead atoms. The monoisotopic (exact) mass is 561 g/mol. The molecule has 0 spiro atoms. The molecule has 0 aliphatic carbocycles. The molecule has 0 unspecified atom stereocenters. The lowest BCUT2D eigenvalue weighted by molar-refractivity contribution is -0.171. The van der Waals surface area contributed by atoms with Gasteiger partial charge in [0.05, 0.1) is 16.1 Å². The van der Waals surface area contributed by atoms with Crippen LogP contribution in [-0.2, 0) is 22.1 Å². The van der Waals surface area contributed by atoms with Gasteiger partial charge in [0.1, 0.15) is 16.4 Å². The average molecular weight is 562 g/mol. The van der Waals surface area contributed by atoms with Gasteiger partial charge in [-0.05, 0) is 96.7 Å². The fraction of sp³-hybridized carbons (Fsp3) is 0.433. The minimum Gasteiger partial charge on any atom is -0.476 e. The summed E-state index contributed by atoms with van der Waals surface area (Å²) in [6.45, 7) is 14.3. The highest BCUT2D eigenvalue weighted by atomic mass is 32.1. The lowest BCUT2D eigenvalue weighted by atomic mass is 9.97. The van der Waals surface area contributed by atoms with Crippen LogP contribution >= 0.6 is 11.3 Å². The molecule has 1 aromatic heterocycles. The van der Waals surface area contributed by atoms with E-state index in [1.54, 1.807) is 47.6 Å². The van der Waals surface area contributed by atoms with Gasteiger partial charge in [-0.2, -0.15) is 13.2 Å². The predicted octanol–water partition coefficient (Wildman–Crippen LogP) is 8.07. The van der Waals surface area contributed by atoms with Gasteiger partial charge < -0.3 is 9.47 Å². The topological polar surface area (TPSA) is 65.5 Å². The lowest BCUT2D eigenvalue weighted by Gasteiger charge is -2.30. The predicted molar refractivity (Wildman–Crippen MR) is 146 cm³/mol. The summed E-state index contributed by atoms with van der Waals surface area (Å²) in [7, 11) is 0. The van der Waals surface area contributed by atoms with Crippen LogP contribution in [0, 0.1) is 20.8 Å².